The number of hydrogen-bond donors (Lipinski definition) is 1. The number of hydrogen-bond acceptors (Lipinski definition) is 2. The maximum absolute atomic E-state index is 10.6. The predicted octanol–water partition coefficient (Wildman–Crippen LogP) is 2.55. The Morgan fingerprint density at radius 2 is 2.00 bits per heavy atom. The van der Waals surface area contributed by atoms with E-state index in [9.17, 15) is 4.79 Å². The molecule has 0 aliphatic heterocycles. The lowest BCUT2D eigenvalue weighted by atomic mass is 9.86. The summed E-state index contributed by atoms with van der Waals surface area (Å²) in [7, 11) is 0. The van der Waals surface area contributed by atoms with Crippen molar-refractivity contribution in [2.45, 2.75) is 39.5 Å². The Hall–Kier alpha value is -1.51. The van der Waals surface area contributed by atoms with Crippen LogP contribution in [-0.4, -0.2) is 12.5 Å². The van der Waals surface area contributed by atoms with Gasteiger partial charge in [-0.25, -0.2) is 0 Å². The van der Waals surface area contributed by atoms with Crippen LogP contribution in [0.25, 0.3) is 0 Å². The van der Waals surface area contributed by atoms with Crippen molar-refractivity contribution in [1.29, 1.82) is 0 Å². The lowest BCUT2D eigenvalue weighted by molar-refractivity contribution is -0.118. The standard InChI is InChI=1S/C14H21NO2/c1-10-9-11(14(2,3)4)5-6-12(10)17-8-7-13(15)16/h5-6,9H,7-8H2,1-4H3,(H2,15,16). The van der Waals surface area contributed by atoms with Crippen LogP contribution in [0.15, 0.2) is 18.2 Å². The summed E-state index contributed by atoms with van der Waals surface area (Å²) in [5.74, 6) is 0.480. The Morgan fingerprint density at radius 3 is 2.47 bits per heavy atom. The fourth-order valence-corrected chi connectivity index (χ4v) is 1.54. The van der Waals surface area contributed by atoms with Crippen LogP contribution in [0.5, 0.6) is 5.75 Å². The van der Waals surface area contributed by atoms with E-state index in [0.717, 1.165) is 11.3 Å². The van der Waals surface area contributed by atoms with Crippen LogP contribution in [0.2, 0.25) is 0 Å². The van der Waals surface area contributed by atoms with E-state index in [1.165, 1.54) is 5.56 Å². The summed E-state index contributed by atoms with van der Waals surface area (Å²) in [6, 6.07) is 6.14. The van der Waals surface area contributed by atoms with Crippen molar-refractivity contribution in [2.75, 3.05) is 6.61 Å². The first kappa shape index (κ1) is 13.6. The van der Waals surface area contributed by atoms with Gasteiger partial charge in [0.1, 0.15) is 5.75 Å². The Bertz CT molecular complexity index is 405. The zero-order chi connectivity index (χ0) is 13.1. The van der Waals surface area contributed by atoms with Crippen LogP contribution >= 0.6 is 0 Å². The molecule has 0 bridgehead atoms. The number of rotatable bonds is 4. The van der Waals surface area contributed by atoms with E-state index >= 15 is 0 Å². The summed E-state index contributed by atoms with van der Waals surface area (Å²) in [6.45, 7) is 8.88. The summed E-state index contributed by atoms with van der Waals surface area (Å²) in [5.41, 5.74) is 7.55. The van der Waals surface area contributed by atoms with E-state index < -0.39 is 0 Å². The normalized spacial score (nSPS) is 11.3. The van der Waals surface area contributed by atoms with Gasteiger partial charge in [-0.15, -0.1) is 0 Å². The smallest absolute Gasteiger partial charge is 0.220 e. The molecule has 1 aromatic rings. The molecular weight excluding hydrogens is 214 g/mol. The highest BCUT2D eigenvalue weighted by Crippen LogP contribution is 2.27. The second-order valence-corrected chi connectivity index (χ2v) is 5.30. The van der Waals surface area contributed by atoms with Gasteiger partial charge in [0.15, 0.2) is 0 Å². The summed E-state index contributed by atoms with van der Waals surface area (Å²) in [5, 5.41) is 0. The van der Waals surface area contributed by atoms with Crippen LogP contribution in [0, 0.1) is 6.92 Å². The number of carbonyl (C=O) groups excluding carboxylic acids is 1. The Morgan fingerprint density at radius 1 is 1.35 bits per heavy atom. The van der Waals surface area contributed by atoms with Gasteiger partial charge in [0, 0.05) is 0 Å². The molecule has 0 saturated heterocycles. The van der Waals surface area contributed by atoms with Crippen molar-refractivity contribution in [3.8, 4) is 5.75 Å². The molecule has 1 amide bonds. The van der Waals surface area contributed by atoms with Crippen LogP contribution in [-0.2, 0) is 10.2 Å². The summed E-state index contributed by atoms with van der Waals surface area (Å²) >= 11 is 0. The molecular formula is C14H21NO2. The molecule has 0 fully saturated rings. The molecule has 0 aliphatic carbocycles. The number of ether oxygens (including phenoxy) is 1. The lowest BCUT2D eigenvalue weighted by Crippen LogP contribution is -2.15. The van der Waals surface area contributed by atoms with Gasteiger partial charge >= 0.3 is 0 Å². The molecule has 3 heteroatoms. The van der Waals surface area contributed by atoms with E-state index in [-0.39, 0.29) is 17.7 Å². The average molecular weight is 235 g/mol. The Labute approximate surface area is 103 Å². The monoisotopic (exact) mass is 235 g/mol. The highest BCUT2D eigenvalue weighted by Gasteiger charge is 2.14. The van der Waals surface area contributed by atoms with Crippen LogP contribution in [0.4, 0.5) is 0 Å². The number of benzene rings is 1. The minimum atomic E-state index is -0.339. The van der Waals surface area contributed by atoms with Crippen molar-refractivity contribution in [3.63, 3.8) is 0 Å². The summed E-state index contributed by atoms with van der Waals surface area (Å²) < 4.78 is 5.51. The highest BCUT2D eigenvalue weighted by molar-refractivity contribution is 5.73. The van der Waals surface area contributed by atoms with Gasteiger partial charge in [0.2, 0.25) is 5.91 Å². The molecule has 0 heterocycles. The van der Waals surface area contributed by atoms with E-state index in [4.69, 9.17) is 10.5 Å². The van der Waals surface area contributed by atoms with Crippen molar-refractivity contribution in [1.82, 2.24) is 0 Å². The molecule has 0 aliphatic rings. The maximum Gasteiger partial charge on any atom is 0.220 e. The van der Waals surface area contributed by atoms with Gasteiger partial charge in [0.05, 0.1) is 13.0 Å². The molecule has 0 unspecified atom stereocenters. The van der Waals surface area contributed by atoms with Gasteiger partial charge in [-0.3, -0.25) is 4.79 Å². The first-order chi connectivity index (χ1) is 7.80. The molecule has 94 valence electrons. The third-order valence-corrected chi connectivity index (χ3v) is 2.65. The van der Waals surface area contributed by atoms with Crippen molar-refractivity contribution < 1.29 is 9.53 Å². The highest BCUT2D eigenvalue weighted by atomic mass is 16.5. The number of aryl methyl sites for hydroxylation is 1. The third-order valence-electron chi connectivity index (χ3n) is 2.65. The summed E-state index contributed by atoms with van der Waals surface area (Å²) in [4.78, 5) is 10.6. The van der Waals surface area contributed by atoms with E-state index in [1.807, 2.05) is 13.0 Å². The molecule has 0 aromatic heterocycles. The SMILES string of the molecule is Cc1cc(C(C)(C)C)ccc1OCCC(N)=O. The van der Waals surface area contributed by atoms with Gasteiger partial charge in [-0.2, -0.15) is 0 Å². The van der Waals surface area contributed by atoms with Gasteiger partial charge in [-0.1, -0.05) is 32.9 Å². The Kier molecular flexibility index (Phi) is 4.16. The predicted molar refractivity (Wildman–Crippen MR) is 69.2 cm³/mol. The van der Waals surface area contributed by atoms with Gasteiger partial charge in [-0.05, 0) is 29.5 Å². The van der Waals surface area contributed by atoms with Crippen LogP contribution in [0.3, 0.4) is 0 Å². The van der Waals surface area contributed by atoms with Crippen LogP contribution < -0.4 is 10.5 Å². The minimum absolute atomic E-state index is 0.135. The quantitative estimate of drug-likeness (QED) is 0.872. The number of amides is 1. The second kappa shape index (κ2) is 5.21. The molecule has 1 rings (SSSR count). The molecule has 0 spiro atoms. The molecule has 1 aromatic carbocycles. The zero-order valence-electron chi connectivity index (χ0n) is 11.0. The van der Waals surface area contributed by atoms with E-state index in [0.29, 0.717) is 6.61 Å². The first-order valence-corrected chi connectivity index (χ1v) is 5.83. The minimum Gasteiger partial charge on any atom is -0.493 e. The number of carbonyl (C=O) groups is 1. The van der Waals surface area contributed by atoms with Crippen molar-refractivity contribution in [2.24, 2.45) is 5.73 Å². The number of primary amides is 1. The van der Waals surface area contributed by atoms with Crippen molar-refractivity contribution in [3.05, 3.63) is 29.3 Å². The molecule has 3 nitrogen and oxygen atoms in total. The molecule has 2 N–H and O–H groups in total. The molecule has 0 atom stereocenters. The molecule has 17 heavy (non-hydrogen) atoms. The van der Waals surface area contributed by atoms with Crippen molar-refractivity contribution >= 4 is 5.91 Å². The fourth-order valence-electron chi connectivity index (χ4n) is 1.54. The second-order valence-electron chi connectivity index (χ2n) is 5.30. The van der Waals surface area contributed by atoms with Gasteiger partial charge < -0.3 is 10.5 Å². The fraction of sp³-hybridized carbons (Fsp3) is 0.500. The largest absolute Gasteiger partial charge is 0.493 e. The number of nitrogens with two attached hydrogens (primary N) is 1. The van der Waals surface area contributed by atoms with E-state index in [1.54, 1.807) is 0 Å². The zero-order valence-corrected chi connectivity index (χ0v) is 11.0. The molecule has 0 saturated carbocycles. The summed E-state index contributed by atoms with van der Waals surface area (Å²) in [6.07, 6.45) is 0.250. The average Bonchev–Trinajstić information content (AvgIpc) is 2.18. The maximum atomic E-state index is 10.6. The van der Waals surface area contributed by atoms with Crippen LogP contribution in [0.1, 0.15) is 38.3 Å². The first-order valence-electron chi connectivity index (χ1n) is 5.83. The van der Waals surface area contributed by atoms with Gasteiger partial charge in [0.25, 0.3) is 0 Å². The topological polar surface area (TPSA) is 52.3 Å². The third kappa shape index (κ3) is 4.10. The Balaban J connectivity index is 2.73. The lowest BCUT2D eigenvalue weighted by Gasteiger charge is -2.20. The molecule has 0 radical (unpaired) electrons. The van der Waals surface area contributed by atoms with E-state index in [2.05, 4.69) is 32.9 Å².